The molecule has 1 saturated heterocycles. The van der Waals surface area contributed by atoms with E-state index in [4.69, 9.17) is 4.74 Å². The Bertz CT molecular complexity index is 416. The van der Waals surface area contributed by atoms with Gasteiger partial charge in [0.25, 0.3) is 0 Å². The van der Waals surface area contributed by atoms with E-state index in [-0.39, 0.29) is 0 Å². The summed E-state index contributed by atoms with van der Waals surface area (Å²) in [6.07, 6.45) is 1.81. The molecule has 0 unspecified atom stereocenters. The summed E-state index contributed by atoms with van der Waals surface area (Å²) in [6, 6.07) is 0. The normalized spacial score (nSPS) is 16.6. The Balaban J connectivity index is 2.07. The van der Waals surface area contributed by atoms with Gasteiger partial charge in [-0.15, -0.1) is 0 Å². The molecule has 1 aromatic rings. The molecule has 0 aliphatic carbocycles. The standard InChI is InChI=1S/C14H24N4O/c1-4-12-14(19-3)13(17-11(2)16-12)5-8-18-9-6-15-7-10-18/h15H,4-10H2,1-3H3. The number of rotatable bonds is 5. The minimum Gasteiger partial charge on any atom is -0.493 e. The van der Waals surface area contributed by atoms with Gasteiger partial charge in [0, 0.05) is 39.1 Å². The third-order valence-corrected chi connectivity index (χ3v) is 3.53. The molecular formula is C14H24N4O. The van der Waals surface area contributed by atoms with E-state index in [0.717, 1.165) is 68.5 Å². The monoisotopic (exact) mass is 264 g/mol. The maximum atomic E-state index is 5.51. The minimum atomic E-state index is 0.841. The van der Waals surface area contributed by atoms with Crippen molar-refractivity contribution in [2.75, 3.05) is 39.8 Å². The minimum absolute atomic E-state index is 0.841. The summed E-state index contributed by atoms with van der Waals surface area (Å²) in [5, 5.41) is 3.37. The summed E-state index contributed by atoms with van der Waals surface area (Å²) in [5.74, 6) is 1.72. The molecule has 2 rings (SSSR count). The van der Waals surface area contributed by atoms with Crippen LogP contribution >= 0.6 is 0 Å². The number of ether oxygens (including phenoxy) is 1. The zero-order valence-corrected chi connectivity index (χ0v) is 12.2. The first-order chi connectivity index (χ1) is 9.24. The van der Waals surface area contributed by atoms with Gasteiger partial charge in [-0.25, -0.2) is 9.97 Å². The van der Waals surface area contributed by atoms with E-state index in [0.29, 0.717) is 0 Å². The summed E-state index contributed by atoms with van der Waals surface area (Å²) in [7, 11) is 1.71. The first-order valence-electron chi connectivity index (χ1n) is 7.08. The number of hydrogen-bond donors (Lipinski definition) is 1. The summed E-state index contributed by atoms with van der Waals surface area (Å²) in [5.41, 5.74) is 2.07. The lowest BCUT2D eigenvalue weighted by molar-refractivity contribution is 0.242. The van der Waals surface area contributed by atoms with Crippen molar-refractivity contribution in [3.05, 3.63) is 17.2 Å². The van der Waals surface area contributed by atoms with Crippen molar-refractivity contribution in [3.63, 3.8) is 0 Å². The van der Waals surface area contributed by atoms with Crippen molar-refractivity contribution in [2.24, 2.45) is 0 Å². The summed E-state index contributed by atoms with van der Waals surface area (Å²) in [6.45, 7) is 9.50. The molecule has 106 valence electrons. The smallest absolute Gasteiger partial charge is 0.161 e. The van der Waals surface area contributed by atoms with E-state index in [9.17, 15) is 0 Å². The SMILES string of the molecule is CCc1nc(C)nc(CCN2CCNCC2)c1OC. The van der Waals surface area contributed by atoms with Crippen LogP contribution in [0.15, 0.2) is 0 Å². The number of methoxy groups -OCH3 is 1. The fourth-order valence-electron chi connectivity index (χ4n) is 2.53. The van der Waals surface area contributed by atoms with E-state index in [1.807, 2.05) is 6.92 Å². The highest BCUT2D eigenvalue weighted by Crippen LogP contribution is 2.22. The predicted molar refractivity (Wildman–Crippen MR) is 75.7 cm³/mol. The summed E-state index contributed by atoms with van der Waals surface area (Å²) in [4.78, 5) is 11.5. The highest BCUT2D eigenvalue weighted by molar-refractivity contribution is 5.33. The van der Waals surface area contributed by atoms with Gasteiger partial charge in [0.05, 0.1) is 18.5 Å². The Hall–Kier alpha value is -1.20. The third kappa shape index (κ3) is 3.64. The van der Waals surface area contributed by atoms with Gasteiger partial charge in [0.1, 0.15) is 5.82 Å². The van der Waals surface area contributed by atoms with Gasteiger partial charge in [-0.1, -0.05) is 6.92 Å². The number of hydrogen-bond acceptors (Lipinski definition) is 5. The Morgan fingerprint density at radius 3 is 2.53 bits per heavy atom. The number of aromatic nitrogens is 2. The highest BCUT2D eigenvalue weighted by Gasteiger charge is 2.15. The molecule has 2 heterocycles. The van der Waals surface area contributed by atoms with Gasteiger partial charge >= 0.3 is 0 Å². The van der Waals surface area contributed by atoms with Gasteiger partial charge in [0.15, 0.2) is 5.75 Å². The van der Waals surface area contributed by atoms with Crippen LogP contribution in [0.3, 0.4) is 0 Å². The van der Waals surface area contributed by atoms with Crippen molar-refractivity contribution >= 4 is 0 Å². The third-order valence-electron chi connectivity index (χ3n) is 3.53. The molecule has 1 N–H and O–H groups in total. The molecule has 5 nitrogen and oxygen atoms in total. The van der Waals surface area contributed by atoms with Crippen LogP contribution in [0.1, 0.15) is 24.1 Å². The van der Waals surface area contributed by atoms with Crippen molar-refractivity contribution in [2.45, 2.75) is 26.7 Å². The predicted octanol–water partition coefficient (Wildman–Crippen LogP) is 0.804. The average molecular weight is 264 g/mol. The molecule has 0 radical (unpaired) electrons. The number of nitrogens with zero attached hydrogens (tertiary/aromatic N) is 3. The van der Waals surface area contributed by atoms with Crippen molar-refractivity contribution < 1.29 is 4.74 Å². The molecule has 0 saturated carbocycles. The van der Waals surface area contributed by atoms with Crippen LogP contribution in [0.25, 0.3) is 0 Å². The first kappa shape index (κ1) is 14.2. The first-order valence-corrected chi connectivity index (χ1v) is 7.08. The fourth-order valence-corrected chi connectivity index (χ4v) is 2.53. The van der Waals surface area contributed by atoms with Crippen LogP contribution in [-0.4, -0.2) is 54.7 Å². The van der Waals surface area contributed by atoms with E-state index in [2.05, 4.69) is 27.1 Å². The lowest BCUT2D eigenvalue weighted by Crippen LogP contribution is -2.44. The summed E-state index contributed by atoms with van der Waals surface area (Å²) < 4.78 is 5.51. The van der Waals surface area contributed by atoms with Crippen LogP contribution in [0.2, 0.25) is 0 Å². The second-order valence-electron chi connectivity index (χ2n) is 4.89. The molecule has 0 aromatic carbocycles. The second-order valence-corrected chi connectivity index (χ2v) is 4.89. The fraction of sp³-hybridized carbons (Fsp3) is 0.714. The molecule has 19 heavy (non-hydrogen) atoms. The molecule has 0 amide bonds. The molecule has 5 heteroatoms. The van der Waals surface area contributed by atoms with Gasteiger partial charge in [-0.3, -0.25) is 0 Å². The second kappa shape index (κ2) is 6.82. The molecule has 1 fully saturated rings. The Morgan fingerprint density at radius 2 is 1.89 bits per heavy atom. The van der Waals surface area contributed by atoms with Crippen LogP contribution in [0, 0.1) is 6.92 Å². The zero-order valence-electron chi connectivity index (χ0n) is 12.2. The number of aryl methyl sites for hydroxylation is 2. The zero-order chi connectivity index (χ0) is 13.7. The van der Waals surface area contributed by atoms with Crippen molar-refractivity contribution in [1.29, 1.82) is 0 Å². The average Bonchev–Trinajstić information content (AvgIpc) is 2.45. The maximum Gasteiger partial charge on any atom is 0.161 e. The topological polar surface area (TPSA) is 50.3 Å². The van der Waals surface area contributed by atoms with Gasteiger partial charge in [-0.05, 0) is 13.3 Å². The maximum absolute atomic E-state index is 5.51. The molecule has 1 aromatic heterocycles. The van der Waals surface area contributed by atoms with E-state index in [1.54, 1.807) is 7.11 Å². The van der Waals surface area contributed by atoms with E-state index < -0.39 is 0 Å². The van der Waals surface area contributed by atoms with Crippen molar-refractivity contribution in [3.8, 4) is 5.75 Å². The summed E-state index contributed by atoms with van der Waals surface area (Å²) >= 11 is 0. The Morgan fingerprint density at radius 1 is 1.21 bits per heavy atom. The lowest BCUT2D eigenvalue weighted by Gasteiger charge is -2.27. The quantitative estimate of drug-likeness (QED) is 0.852. The van der Waals surface area contributed by atoms with Crippen molar-refractivity contribution in [1.82, 2.24) is 20.2 Å². The molecule has 0 atom stereocenters. The molecule has 0 spiro atoms. The van der Waals surface area contributed by atoms with E-state index >= 15 is 0 Å². The highest BCUT2D eigenvalue weighted by atomic mass is 16.5. The lowest BCUT2D eigenvalue weighted by atomic mass is 10.2. The van der Waals surface area contributed by atoms with Gasteiger partial charge in [-0.2, -0.15) is 0 Å². The number of nitrogens with one attached hydrogen (secondary N) is 1. The van der Waals surface area contributed by atoms with Gasteiger partial charge in [0.2, 0.25) is 0 Å². The van der Waals surface area contributed by atoms with Crippen LogP contribution in [0.5, 0.6) is 5.75 Å². The molecule has 1 aliphatic heterocycles. The molecule has 1 aliphatic rings. The van der Waals surface area contributed by atoms with Crippen LogP contribution < -0.4 is 10.1 Å². The number of piperazine rings is 1. The van der Waals surface area contributed by atoms with Crippen LogP contribution in [0.4, 0.5) is 0 Å². The molecule has 0 bridgehead atoms. The van der Waals surface area contributed by atoms with E-state index in [1.165, 1.54) is 0 Å². The Kier molecular flexibility index (Phi) is 5.10. The molecular weight excluding hydrogens is 240 g/mol. The van der Waals surface area contributed by atoms with Gasteiger partial charge < -0.3 is 15.0 Å². The van der Waals surface area contributed by atoms with Crippen LogP contribution in [-0.2, 0) is 12.8 Å². The Labute approximate surface area is 115 Å². The largest absolute Gasteiger partial charge is 0.493 e.